The van der Waals surface area contributed by atoms with Crippen molar-refractivity contribution in [2.75, 3.05) is 18.5 Å². The van der Waals surface area contributed by atoms with Gasteiger partial charge in [0, 0.05) is 28.2 Å². The van der Waals surface area contributed by atoms with Gasteiger partial charge in [0.25, 0.3) is 0 Å². The molecule has 0 atom stereocenters. The predicted molar refractivity (Wildman–Crippen MR) is 136 cm³/mol. The van der Waals surface area contributed by atoms with Crippen molar-refractivity contribution in [3.8, 4) is 22.6 Å². The van der Waals surface area contributed by atoms with Gasteiger partial charge in [-0.2, -0.15) is 0 Å². The number of benzene rings is 2. The van der Waals surface area contributed by atoms with Crippen LogP contribution in [0.1, 0.15) is 36.9 Å². The lowest BCUT2D eigenvalue weighted by Crippen LogP contribution is -2.08. The Balaban J connectivity index is 1.76. The van der Waals surface area contributed by atoms with Crippen LogP contribution < -0.4 is 14.8 Å². The number of allylic oxidation sites excluding steroid dienone is 1. The number of fused-ring (bicyclic) bond motifs is 1. The molecule has 0 saturated heterocycles. The Bertz CT molecular complexity index is 1350. The van der Waals surface area contributed by atoms with Gasteiger partial charge in [-0.25, -0.2) is 0 Å². The second kappa shape index (κ2) is 10.1. The zero-order valence-electron chi connectivity index (χ0n) is 19.9. The van der Waals surface area contributed by atoms with E-state index >= 15 is 0 Å². The van der Waals surface area contributed by atoms with Crippen LogP contribution in [0, 0.1) is 13.8 Å². The molecular weight excluding hydrogens is 450 g/mol. The largest absolute Gasteiger partial charge is 0.494 e. The molecule has 2 aromatic carbocycles. The first-order valence-corrected chi connectivity index (χ1v) is 11.9. The molecule has 0 aliphatic rings. The summed E-state index contributed by atoms with van der Waals surface area (Å²) in [7, 11) is 0. The third kappa shape index (κ3) is 4.82. The minimum Gasteiger partial charge on any atom is -0.494 e. The van der Waals surface area contributed by atoms with Gasteiger partial charge in [0.1, 0.15) is 22.1 Å². The van der Waals surface area contributed by atoms with Crippen molar-refractivity contribution in [3.05, 3.63) is 58.8 Å². The summed E-state index contributed by atoms with van der Waals surface area (Å²) in [6.45, 7) is 10.7. The number of carbonyl (C=O) groups excluding carboxylic acids is 1. The number of hydrogen-bond donors (Lipinski definition) is 1. The quantitative estimate of drug-likeness (QED) is 0.295. The number of amides is 1. The fourth-order valence-electron chi connectivity index (χ4n) is 3.82. The van der Waals surface area contributed by atoms with Gasteiger partial charge < -0.3 is 13.9 Å². The first-order chi connectivity index (χ1) is 16.4. The molecule has 0 fully saturated rings. The number of aromatic nitrogens is 2. The van der Waals surface area contributed by atoms with Crippen LogP contribution in [0.5, 0.6) is 11.5 Å². The minimum absolute atomic E-state index is 0.271. The number of nitrogens with zero attached hydrogens (tertiary/aromatic N) is 2. The Morgan fingerprint density at radius 3 is 2.50 bits per heavy atom. The Morgan fingerprint density at radius 1 is 1.12 bits per heavy atom. The van der Waals surface area contributed by atoms with E-state index in [2.05, 4.69) is 15.5 Å². The van der Waals surface area contributed by atoms with E-state index in [0.717, 1.165) is 49.6 Å². The first kappa shape index (κ1) is 23.5. The molecule has 7 nitrogen and oxygen atoms in total. The van der Waals surface area contributed by atoms with E-state index in [1.54, 1.807) is 12.3 Å². The highest BCUT2D eigenvalue weighted by molar-refractivity contribution is 7.15. The van der Waals surface area contributed by atoms with Crippen molar-refractivity contribution >= 4 is 38.9 Å². The van der Waals surface area contributed by atoms with Gasteiger partial charge in [0.2, 0.25) is 11.0 Å². The molecule has 4 aromatic rings. The van der Waals surface area contributed by atoms with Crippen LogP contribution in [0.2, 0.25) is 0 Å². The Morgan fingerprint density at radius 2 is 1.85 bits per heavy atom. The molecule has 0 saturated carbocycles. The number of furan rings is 1. The van der Waals surface area contributed by atoms with Crippen LogP contribution in [-0.4, -0.2) is 29.3 Å². The van der Waals surface area contributed by atoms with Gasteiger partial charge >= 0.3 is 0 Å². The van der Waals surface area contributed by atoms with Crippen LogP contribution in [-0.2, 0) is 4.79 Å². The molecule has 0 unspecified atom stereocenters. The highest BCUT2D eigenvalue weighted by atomic mass is 32.1. The molecular formula is C26H27N3O4S. The SMILES string of the molecule is CCOc1ccc(-c2coc3c(C)c(OCC)c(/C(C)=C/C(=O)Nc4nnc(C)s4)cc23)cc1. The standard InChI is InChI=1S/C26H27N3O4S/c1-6-31-19-10-8-18(9-11-19)22-14-33-25-16(4)24(32-7-2)20(13-21(22)25)15(3)12-23(30)27-26-29-28-17(5)34-26/h8-14H,6-7H2,1-5H3,(H,27,29,30)/b15-12+. The summed E-state index contributed by atoms with van der Waals surface area (Å²) < 4.78 is 17.5. The minimum atomic E-state index is -0.271. The van der Waals surface area contributed by atoms with Gasteiger partial charge in [-0.1, -0.05) is 23.5 Å². The van der Waals surface area contributed by atoms with Gasteiger partial charge in [-0.15, -0.1) is 10.2 Å². The predicted octanol–water partition coefficient (Wildman–Crippen LogP) is 6.41. The van der Waals surface area contributed by atoms with Gasteiger partial charge in [0.05, 0.1) is 19.5 Å². The van der Waals surface area contributed by atoms with Crippen molar-refractivity contribution in [1.82, 2.24) is 10.2 Å². The van der Waals surface area contributed by atoms with Crippen molar-refractivity contribution in [1.29, 1.82) is 0 Å². The molecule has 176 valence electrons. The van der Waals surface area contributed by atoms with Crippen molar-refractivity contribution in [2.24, 2.45) is 0 Å². The van der Waals surface area contributed by atoms with Crippen LogP contribution in [0.25, 0.3) is 27.7 Å². The van der Waals surface area contributed by atoms with E-state index in [-0.39, 0.29) is 5.91 Å². The van der Waals surface area contributed by atoms with E-state index in [0.29, 0.717) is 24.1 Å². The molecule has 2 aromatic heterocycles. The smallest absolute Gasteiger partial charge is 0.250 e. The van der Waals surface area contributed by atoms with E-state index in [1.165, 1.54) is 11.3 Å². The normalized spacial score (nSPS) is 11.6. The molecule has 0 aliphatic heterocycles. The number of nitrogens with one attached hydrogen (secondary N) is 1. The molecule has 0 bridgehead atoms. The number of ether oxygens (including phenoxy) is 2. The lowest BCUT2D eigenvalue weighted by atomic mass is 9.96. The molecule has 0 spiro atoms. The van der Waals surface area contributed by atoms with Crippen molar-refractivity contribution in [3.63, 3.8) is 0 Å². The molecule has 2 heterocycles. The summed E-state index contributed by atoms with van der Waals surface area (Å²) in [5.41, 5.74) is 5.24. The van der Waals surface area contributed by atoms with Crippen molar-refractivity contribution in [2.45, 2.75) is 34.6 Å². The third-order valence-corrected chi connectivity index (χ3v) is 6.09. The van der Waals surface area contributed by atoms with E-state index in [1.807, 2.05) is 65.0 Å². The lowest BCUT2D eigenvalue weighted by molar-refractivity contribution is -0.111. The van der Waals surface area contributed by atoms with Crippen molar-refractivity contribution < 1.29 is 18.7 Å². The molecule has 1 N–H and O–H groups in total. The third-order valence-electron chi connectivity index (χ3n) is 5.34. The maximum atomic E-state index is 12.6. The maximum absolute atomic E-state index is 12.6. The van der Waals surface area contributed by atoms with Crippen LogP contribution in [0.4, 0.5) is 5.13 Å². The zero-order valence-corrected chi connectivity index (χ0v) is 20.7. The summed E-state index contributed by atoms with van der Waals surface area (Å²) >= 11 is 1.33. The molecule has 8 heteroatoms. The number of anilines is 1. The van der Waals surface area contributed by atoms with E-state index in [9.17, 15) is 4.79 Å². The highest BCUT2D eigenvalue weighted by Gasteiger charge is 2.19. The Kier molecular flexibility index (Phi) is 6.98. The number of hydrogen-bond acceptors (Lipinski definition) is 7. The molecule has 1 amide bonds. The number of carbonyl (C=O) groups is 1. The first-order valence-electron chi connectivity index (χ1n) is 11.1. The molecule has 0 radical (unpaired) electrons. The lowest BCUT2D eigenvalue weighted by Gasteiger charge is -2.15. The average molecular weight is 478 g/mol. The number of rotatable bonds is 8. The summed E-state index contributed by atoms with van der Waals surface area (Å²) in [5.74, 6) is 1.26. The maximum Gasteiger partial charge on any atom is 0.250 e. The molecule has 34 heavy (non-hydrogen) atoms. The molecule has 4 rings (SSSR count). The zero-order chi connectivity index (χ0) is 24.2. The second-order valence-electron chi connectivity index (χ2n) is 7.74. The van der Waals surface area contributed by atoms with Gasteiger partial charge in [-0.05, 0) is 64.0 Å². The van der Waals surface area contributed by atoms with E-state index in [4.69, 9.17) is 13.9 Å². The van der Waals surface area contributed by atoms with Gasteiger partial charge in [0.15, 0.2) is 0 Å². The highest BCUT2D eigenvalue weighted by Crippen LogP contribution is 2.41. The average Bonchev–Trinajstić information content (AvgIpc) is 3.42. The fourth-order valence-corrected chi connectivity index (χ4v) is 4.42. The topological polar surface area (TPSA) is 86.5 Å². The van der Waals surface area contributed by atoms with Crippen LogP contribution in [0.15, 0.2) is 47.1 Å². The second-order valence-corrected chi connectivity index (χ2v) is 8.92. The monoisotopic (exact) mass is 477 g/mol. The molecule has 0 aliphatic carbocycles. The van der Waals surface area contributed by atoms with Crippen LogP contribution in [0.3, 0.4) is 0 Å². The Labute approximate surface area is 202 Å². The summed E-state index contributed by atoms with van der Waals surface area (Å²) in [6.07, 6.45) is 3.31. The summed E-state index contributed by atoms with van der Waals surface area (Å²) in [6, 6.07) is 9.95. The Hall–Kier alpha value is -3.65. The van der Waals surface area contributed by atoms with Gasteiger partial charge in [-0.3, -0.25) is 10.1 Å². The van der Waals surface area contributed by atoms with Crippen LogP contribution >= 0.6 is 11.3 Å². The van der Waals surface area contributed by atoms with E-state index < -0.39 is 0 Å². The number of aryl methyl sites for hydroxylation is 2. The summed E-state index contributed by atoms with van der Waals surface area (Å²) in [5, 5.41) is 12.9. The fraction of sp³-hybridized carbons (Fsp3) is 0.269. The summed E-state index contributed by atoms with van der Waals surface area (Å²) in [4.78, 5) is 12.6.